The molecule has 0 aliphatic rings. The number of fused-ring (bicyclic) bond motifs is 1. The molecule has 0 saturated carbocycles. The fourth-order valence-electron chi connectivity index (χ4n) is 2.83. The van der Waals surface area contributed by atoms with Crippen LogP contribution < -0.4 is 10.9 Å². The highest BCUT2D eigenvalue weighted by molar-refractivity contribution is 6.00. The lowest BCUT2D eigenvalue weighted by molar-refractivity contribution is -0.137. The number of carbonyl (C=O) groups excluding carboxylic acids is 1. The minimum absolute atomic E-state index is 0.320. The molecule has 0 atom stereocenters. The van der Waals surface area contributed by atoms with Gasteiger partial charge in [-0.25, -0.2) is 0 Å². The largest absolute Gasteiger partial charge is 0.416 e. The number of rotatable bonds is 3. The van der Waals surface area contributed by atoms with Crippen LogP contribution in [0.15, 0.2) is 66.0 Å². The normalized spacial score (nSPS) is 11.4. The van der Waals surface area contributed by atoms with E-state index in [1.54, 1.807) is 25.1 Å². The number of aromatic nitrogens is 1. The molecule has 0 fully saturated rings. The van der Waals surface area contributed by atoms with E-state index in [2.05, 4.69) is 11.9 Å². The lowest BCUT2D eigenvalue weighted by Gasteiger charge is -2.14. The monoisotopic (exact) mass is 372 g/mol. The van der Waals surface area contributed by atoms with E-state index in [4.69, 9.17) is 0 Å². The van der Waals surface area contributed by atoms with E-state index in [9.17, 15) is 22.8 Å². The van der Waals surface area contributed by atoms with E-state index >= 15 is 0 Å². The van der Waals surface area contributed by atoms with E-state index in [0.29, 0.717) is 27.8 Å². The average molecular weight is 372 g/mol. The molecule has 3 rings (SSSR count). The molecular formula is C20H15F3N2O2. The molecule has 1 amide bonds. The van der Waals surface area contributed by atoms with Crippen LogP contribution in [0.2, 0.25) is 0 Å². The van der Waals surface area contributed by atoms with Gasteiger partial charge >= 0.3 is 6.18 Å². The van der Waals surface area contributed by atoms with Gasteiger partial charge in [0.2, 0.25) is 5.91 Å². The second kappa shape index (κ2) is 6.75. The Kier molecular flexibility index (Phi) is 4.61. The number of amides is 1. The van der Waals surface area contributed by atoms with Gasteiger partial charge in [0.1, 0.15) is 0 Å². The van der Waals surface area contributed by atoms with E-state index in [1.807, 2.05) is 0 Å². The molecule has 0 unspecified atom stereocenters. The number of hydrogen-bond donors (Lipinski definition) is 1. The number of carbonyl (C=O) groups is 1. The Morgan fingerprint density at radius 1 is 1.11 bits per heavy atom. The summed E-state index contributed by atoms with van der Waals surface area (Å²) >= 11 is 0. The number of nitrogens with zero attached hydrogens (tertiary/aromatic N) is 1. The third-order valence-corrected chi connectivity index (χ3v) is 4.13. The zero-order valence-electron chi connectivity index (χ0n) is 14.3. The lowest BCUT2D eigenvalue weighted by atomic mass is 10.1. The molecule has 0 saturated heterocycles. The number of pyridine rings is 1. The number of benzene rings is 2. The molecule has 0 aliphatic carbocycles. The predicted molar refractivity (Wildman–Crippen MR) is 98.1 cm³/mol. The summed E-state index contributed by atoms with van der Waals surface area (Å²) in [5, 5.41) is 3.33. The first-order valence-corrected chi connectivity index (χ1v) is 7.98. The Labute approximate surface area is 152 Å². The van der Waals surface area contributed by atoms with Crippen molar-refractivity contribution in [2.75, 3.05) is 5.32 Å². The van der Waals surface area contributed by atoms with Crippen LogP contribution in [0.4, 0.5) is 18.9 Å². The van der Waals surface area contributed by atoms with Crippen LogP contribution in [0.5, 0.6) is 0 Å². The van der Waals surface area contributed by atoms with Crippen LogP contribution in [-0.4, -0.2) is 10.5 Å². The van der Waals surface area contributed by atoms with E-state index in [0.717, 1.165) is 18.2 Å². The fourth-order valence-corrected chi connectivity index (χ4v) is 2.83. The van der Waals surface area contributed by atoms with Gasteiger partial charge < -0.3 is 5.32 Å². The molecule has 2 aromatic carbocycles. The number of nitrogens with one attached hydrogen (secondary N) is 1. The van der Waals surface area contributed by atoms with Gasteiger partial charge in [0, 0.05) is 22.8 Å². The number of hydrogen-bond acceptors (Lipinski definition) is 2. The third-order valence-electron chi connectivity index (χ3n) is 4.13. The average Bonchev–Trinajstić information content (AvgIpc) is 2.61. The quantitative estimate of drug-likeness (QED) is 0.691. The second-order valence-electron chi connectivity index (χ2n) is 5.97. The molecule has 0 spiro atoms. The summed E-state index contributed by atoms with van der Waals surface area (Å²) in [5.74, 6) is -0.372. The highest BCUT2D eigenvalue weighted by atomic mass is 19.4. The maximum atomic E-state index is 12.8. The molecule has 0 aliphatic heterocycles. The summed E-state index contributed by atoms with van der Waals surface area (Å²) in [6.45, 7) is 5.14. The number of halogens is 3. The lowest BCUT2D eigenvalue weighted by Crippen LogP contribution is -2.19. The number of alkyl halides is 3. The molecule has 27 heavy (non-hydrogen) atoms. The van der Waals surface area contributed by atoms with Crippen LogP contribution in [-0.2, 0) is 11.0 Å². The van der Waals surface area contributed by atoms with Crippen LogP contribution in [0.1, 0.15) is 11.1 Å². The van der Waals surface area contributed by atoms with E-state index < -0.39 is 11.7 Å². The van der Waals surface area contributed by atoms with Crippen molar-refractivity contribution in [1.29, 1.82) is 0 Å². The summed E-state index contributed by atoms with van der Waals surface area (Å²) in [7, 11) is 0. The van der Waals surface area contributed by atoms with Gasteiger partial charge in [0.25, 0.3) is 5.56 Å². The zero-order chi connectivity index (χ0) is 19.8. The third kappa shape index (κ3) is 3.62. The number of anilines is 1. The molecule has 7 heteroatoms. The number of aryl methyl sites for hydroxylation is 1. The topological polar surface area (TPSA) is 51.1 Å². The van der Waals surface area contributed by atoms with Crippen molar-refractivity contribution >= 4 is 22.5 Å². The van der Waals surface area contributed by atoms with Crippen LogP contribution >= 0.6 is 0 Å². The van der Waals surface area contributed by atoms with E-state index in [-0.39, 0.29) is 11.5 Å². The van der Waals surface area contributed by atoms with Crippen molar-refractivity contribution in [3.63, 3.8) is 0 Å². The summed E-state index contributed by atoms with van der Waals surface area (Å²) in [6, 6.07) is 10.7. The Hall–Kier alpha value is -3.35. The summed E-state index contributed by atoms with van der Waals surface area (Å²) in [4.78, 5) is 24.0. The summed E-state index contributed by atoms with van der Waals surface area (Å²) in [5.41, 5.74) is 0.908. The molecule has 0 bridgehead atoms. The SMILES string of the molecule is C=CC(=O)Nc1ccc2c(c1)c(C)cc(=O)n2-c1ccc(C(F)(F)F)cc1. The molecule has 1 N–H and O–H groups in total. The first kappa shape index (κ1) is 18.4. The van der Waals surface area contributed by atoms with Crippen LogP contribution in [0, 0.1) is 6.92 Å². The minimum atomic E-state index is -4.45. The van der Waals surface area contributed by atoms with Gasteiger partial charge in [-0.2, -0.15) is 13.2 Å². The van der Waals surface area contributed by atoms with Gasteiger partial charge in [-0.1, -0.05) is 6.58 Å². The Morgan fingerprint density at radius 2 is 1.78 bits per heavy atom. The smallest absolute Gasteiger partial charge is 0.323 e. The van der Waals surface area contributed by atoms with Gasteiger partial charge in [-0.05, 0) is 61.0 Å². The van der Waals surface area contributed by atoms with Gasteiger partial charge in [0.05, 0.1) is 11.1 Å². The molecule has 1 heterocycles. The van der Waals surface area contributed by atoms with Crippen molar-refractivity contribution in [2.24, 2.45) is 0 Å². The first-order valence-electron chi connectivity index (χ1n) is 7.98. The fraction of sp³-hybridized carbons (Fsp3) is 0.100. The Bertz CT molecular complexity index is 1100. The zero-order valence-corrected chi connectivity index (χ0v) is 14.3. The van der Waals surface area contributed by atoms with Crippen molar-refractivity contribution in [2.45, 2.75) is 13.1 Å². The Balaban J connectivity index is 2.17. The van der Waals surface area contributed by atoms with Crippen molar-refractivity contribution in [1.82, 2.24) is 4.57 Å². The molecule has 4 nitrogen and oxygen atoms in total. The van der Waals surface area contributed by atoms with Crippen molar-refractivity contribution < 1.29 is 18.0 Å². The summed E-state index contributed by atoms with van der Waals surface area (Å²) in [6.07, 6.45) is -3.31. The van der Waals surface area contributed by atoms with Gasteiger partial charge in [-0.3, -0.25) is 14.2 Å². The first-order chi connectivity index (χ1) is 12.7. The predicted octanol–water partition coefficient (Wildman–Crippen LogP) is 4.44. The molecule has 0 radical (unpaired) electrons. The van der Waals surface area contributed by atoms with Gasteiger partial charge in [0.15, 0.2) is 0 Å². The van der Waals surface area contributed by atoms with Crippen molar-refractivity contribution in [3.05, 3.63) is 82.7 Å². The maximum Gasteiger partial charge on any atom is 0.416 e. The molecular weight excluding hydrogens is 357 g/mol. The minimum Gasteiger partial charge on any atom is -0.323 e. The Morgan fingerprint density at radius 3 is 2.37 bits per heavy atom. The highest BCUT2D eigenvalue weighted by Crippen LogP contribution is 2.30. The van der Waals surface area contributed by atoms with Crippen LogP contribution in [0.3, 0.4) is 0 Å². The standard InChI is InChI=1S/C20H15F3N2O2/c1-3-18(26)24-14-6-9-17-16(11-14)12(2)10-19(27)25(17)15-7-4-13(5-8-15)20(21,22)23/h3-11H,1H2,2H3,(H,24,26). The van der Waals surface area contributed by atoms with Crippen molar-refractivity contribution in [3.8, 4) is 5.69 Å². The summed E-state index contributed by atoms with van der Waals surface area (Å²) < 4.78 is 39.7. The second-order valence-corrected chi connectivity index (χ2v) is 5.97. The van der Waals surface area contributed by atoms with Gasteiger partial charge in [-0.15, -0.1) is 0 Å². The molecule has 3 aromatic rings. The van der Waals surface area contributed by atoms with E-state index in [1.165, 1.54) is 22.8 Å². The molecule has 138 valence electrons. The highest BCUT2D eigenvalue weighted by Gasteiger charge is 2.30. The molecule has 1 aromatic heterocycles. The maximum absolute atomic E-state index is 12.8. The van der Waals surface area contributed by atoms with Crippen LogP contribution in [0.25, 0.3) is 16.6 Å².